The van der Waals surface area contributed by atoms with Crippen molar-refractivity contribution in [3.05, 3.63) is 78.5 Å². The molecule has 0 fully saturated rings. The van der Waals surface area contributed by atoms with Crippen molar-refractivity contribution in [3.63, 3.8) is 0 Å². The van der Waals surface area contributed by atoms with Gasteiger partial charge in [-0.3, -0.25) is 4.90 Å². The van der Waals surface area contributed by atoms with E-state index in [0.29, 0.717) is 19.0 Å². The Morgan fingerprint density at radius 3 is 2.54 bits per heavy atom. The van der Waals surface area contributed by atoms with Gasteiger partial charge in [0.2, 0.25) is 5.89 Å². The van der Waals surface area contributed by atoms with Gasteiger partial charge in [-0.05, 0) is 19.2 Å². The Bertz CT molecular complexity index is 907. The maximum atomic E-state index is 5.86. The van der Waals surface area contributed by atoms with Crippen molar-refractivity contribution in [2.75, 3.05) is 7.05 Å². The second-order valence-electron chi connectivity index (χ2n) is 5.91. The monoisotopic (exact) mass is 318 g/mol. The minimum atomic E-state index is 0.629. The van der Waals surface area contributed by atoms with Crippen LogP contribution in [-0.4, -0.2) is 16.9 Å². The Morgan fingerprint density at radius 1 is 0.917 bits per heavy atom. The number of fused-ring (bicyclic) bond motifs is 1. The number of hydrogen-bond donors (Lipinski definition) is 0. The quantitative estimate of drug-likeness (QED) is 0.534. The van der Waals surface area contributed by atoms with Crippen molar-refractivity contribution in [1.29, 1.82) is 0 Å². The first-order valence-electron chi connectivity index (χ1n) is 7.94. The normalized spacial score (nSPS) is 11.4. The van der Waals surface area contributed by atoms with Gasteiger partial charge in [0.25, 0.3) is 0 Å². The molecule has 0 radical (unpaired) electrons. The van der Waals surface area contributed by atoms with Crippen LogP contribution >= 0.6 is 0 Å². The maximum absolute atomic E-state index is 5.86. The van der Waals surface area contributed by atoms with E-state index in [4.69, 9.17) is 8.83 Å². The zero-order chi connectivity index (χ0) is 16.4. The summed E-state index contributed by atoms with van der Waals surface area (Å²) < 4.78 is 11.7. The fourth-order valence-electron chi connectivity index (χ4n) is 2.79. The van der Waals surface area contributed by atoms with Gasteiger partial charge in [-0.2, -0.15) is 0 Å². The predicted octanol–water partition coefficient (Wildman–Crippen LogP) is 4.72. The van der Waals surface area contributed by atoms with Gasteiger partial charge in [0, 0.05) is 10.9 Å². The van der Waals surface area contributed by atoms with Crippen molar-refractivity contribution in [1.82, 2.24) is 9.88 Å². The molecule has 4 heteroatoms. The van der Waals surface area contributed by atoms with Crippen LogP contribution in [0.15, 0.2) is 75.7 Å². The van der Waals surface area contributed by atoms with Gasteiger partial charge < -0.3 is 8.83 Å². The molecule has 0 amide bonds. The van der Waals surface area contributed by atoms with Gasteiger partial charge in [-0.15, -0.1) is 0 Å². The molecule has 24 heavy (non-hydrogen) atoms. The lowest BCUT2D eigenvalue weighted by molar-refractivity contribution is 0.263. The van der Waals surface area contributed by atoms with Crippen LogP contribution in [0.25, 0.3) is 22.3 Å². The summed E-state index contributed by atoms with van der Waals surface area (Å²) in [4.78, 5) is 6.50. The molecular weight excluding hydrogens is 300 g/mol. The molecular formula is C20H18N2O2. The Morgan fingerprint density at radius 2 is 1.71 bits per heavy atom. The summed E-state index contributed by atoms with van der Waals surface area (Å²) in [6.45, 7) is 1.33. The van der Waals surface area contributed by atoms with E-state index in [-0.39, 0.29) is 0 Å². The highest BCUT2D eigenvalue weighted by Gasteiger charge is 2.11. The van der Waals surface area contributed by atoms with Crippen LogP contribution in [0.4, 0.5) is 0 Å². The SMILES string of the molecule is CN(Cc1cc2ccccc2o1)Cc1ncc(-c2ccccc2)o1. The highest BCUT2D eigenvalue weighted by molar-refractivity contribution is 5.77. The number of aromatic nitrogens is 1. The van der Waals surface area contributed by atoms with Crippen LogP contribution in [0.5, 0.6) is 0 Å². The molecule has 2 aromatic heterocycles. The lowest BCUT2D eigenvalue weighted by Gasteiger charge is -2.12. The lowest BCUT2D eigenvalue weighted by Crippen LogP contribution is -2.16. The first kappa shape index (κ1) is 14.7. The standard InChI is InChI=1S/C20H18N2O2/c1-22(13-17-11-16-9-5-6-10-18(16)23-17)14-20-21-12-19(24-20)15-7-3-2-4-8-15/h2-12H,13-14H2,1H3. The largest absolute Gasteiger partial charge is 0.460 e. The van der Waals surface area contributed by atoms with Gasteiger partial charge in [0.15, 0.2) is 5.76 Å². The Hall–Kier alpha value is -2.85. The topological polar surface area (TPSA) is 42.4 Å². The molecule has 0 atom stereocenters. The van der Waals surface area contributed by atoms with E-state index >= 15 is 0 Å². The molecule has 0 aliphatic rings. The number of para-hydroxylation sites is 1. The number of oxazole rings is 1. The van der Waals surface area contributed by atoms with Crippen LogP contribution in [0.2, 0.25) is 0 Å². The minimum absolute atomic E-state index is 0.629. The molecule has 0 spiro atoms. The summed E-state index contributed by atoms with van der Waals surface area (Å²) in [5.41, 5.74) is 1.96. The van der Waals surface area contributed by atoms with Crippen molar-refractivity contribution in [3.8, 4) is 11.3 Å². The summed E-state index contributed by atoms with van der Waals surface area (Å²) in [5, 5.41) is 1.13. The van der Waals surface area contributed by atoms with Crippen LogP contribution in [0.3, 0.4) is 0 Å². The number of benzene rings is 2. The number of nitrogens with zero attached hydrogens (tertiary/aromatic N) is 2. The molecule has 4 rings (SSSR count). The fraction of sp³-hybridized carbons (Fsp3) is 0.150. The molecule has 0 N–H and O–H groups in total. The second-order valence-corrected chi connectivity index (χ2v) is 5.91. The molecule has 0 saturated heterocycles. The summed E-state index contributed by atoms with van der Waals surface area (Å²) in [6.07, 6.45) is 1.78. The van der Waals surface area contributed by atoms with Crippen molar-refractivity contribution in [2.45, 2.75) is 13.1 Å². The molecule has 120 valence electrons. The van der Waals surface area contributed by atoms with E-state index in [1.54, 1.807) is 6.20 Å². The molecule has 2 heterocycles. The Labute approximate surface area is 140 Å². The zero-order valence-corrected chi connectivity index (χ0v) is 13.5. The molecule has 0 bridgehead atoms. The third-order valence-electron chi connectivity index (χ3n) is 3.92. The van der Waals surface area contributed by atoms with E-state index in [2.05, 4.69) is 22.0 Å². The predicted molar refractivity (Wildman–Crippen MR) is 93.3 cm³/mol. The average Bonchev–Trinajstić information content (AvgIpc) is 3.21. The minimum Gasteiger partial charge on any atom is -0.460 e. The number of furan rings is 1. The molecule has 0 aliphatic heterocycles. The van der Waals surface area contributed by atoms with E-state index < -0.39 is 0 Å². The second kappa shape index (κ2) is 6.34. The number of hydrogen-bond acceptors (Lipinski definition) is 4. The van der Waals surface area contributed by atoms with Crippen LogP contribution in [-0.2, 0) is 13.1 Å². The van der Waals surface area contributed by atoms with Crippen LogP contribution < -0.4 is 0 Å². The van der Waals surface area contributed by atoms with Crippen molar-refractivity contribution < 1.29 is 8.83 Å². The van der Waals surface area contributed by atoms with Gasteiger partial charge in [-0.25, -0.2) is 4.98 Å². The first-order valence-corrected chi connectivity index (χ1v) is 7.94. The Kier molecular flexibility index (Phi) is 3.89. The highest BCUT2D eigenvalue weighted by atomic mass is 16.4. The maximum Gasteiger partial charge on any atom is 0.209 e. The van der Waals surface area contributed by atoms with Gasteiger partial charge in [0.05, 0.1) is 19.3 Å². The van der Waals surface area contributed by atoms with E-state index in [1.807, 2.05) is 55.6 Å². The van der Waals surface area contributed by atoms with Crippen molar-refractivity contribution >= 4 is 11.0 Å². The summed E-state index contributed by atoms with van der Waals surface area (Å²) in [7, 11) is 2.03. The molecule has 2 aromatic carbocycles. The highest BCUT2D eigenvalue weighted by Crippen LogP contribution is 2.22. The van der Waals surface area contributed by atoms with E-state index in [0.717, 1.165) is 28.1 Å². The van der Waals surface area contributed by atoms with Crippen molar-refractivity contribution in [2.24, 2.45) is 0 Å². The van der Waals surface area contributed by atoms with Gasteiger partial charge in [-0.1, -0.05) is 48.5 Å². The zero-order valence-electron chi connectivity index (χ0n) is 13.5. The molecule has 4 nitrogen and oxygen atoms in total. The lowest BCUT2D eigenvalue weighted by atomic mass is 10.2. The molecule has 0 saturated carbocycles. The third-order valence-corrected chi connectivity index (χ3v) is 3.92. The smallest absolute Gasteiger partial charge is 0.209 e. The summed E-state index contributed by atoms with van der Waals surface area (Å²) in [5.74, 6) is 2.43. The van der Waals surface area contributed by atoms with E-state index in [1.165, 1.54) is 0 Å². The number of rotatable bonds is 5. The Balaban J connectivity index is 1.44. The summed E-state index contributed by atoms with van der Waals surface area (Å²) >= 11 is 0. The average molecular weight is 318 g/mol. The fourth-order valence-corrected chi connectivity index (χ4v) is 2.79. The molecule has 4 aromatic rings. The van der Waals surface area contributed by atoms with Gasteiger partial charge in [0.1, 0.15) is 11.3 Å². The van der Waals surface area contributed by atoms with Gasteiger partial charge >= 0.3 is 0 Å². The summed E-state index contributed by atoms with van der Waals surface area (Å²) in [6, 6.07) is 20.1. The van der Waals surface area contributed by atoms with Crippen LogP contribution in [0, 0.1) is 0 Å². The molecule has 0 aliphatic carbocycles. The molecule has 0 unspecified atom stereocenters. The van der Waals surface area contributed by atoms with Crippen LogP contribution in [0.1, 0.15) is 11.7 Å². The third kappa shape index (κ3) is 3.09. The van der Waals surface area contributed by atoms with E-state index in [9.17, 15) is 0 Å². The first-order chi connectivity index (χ1) is 11.8.